The molecule has 0 aliphatic carbocycles. The lowest BCUT2D eigenvalue weighted by Gasteiger charge is -2.09. The van der Waals surface area contributed by atoms with Gasteiger partial charge in [0.2, 0.25) is 11.7 Å². The van der Waals surface area contributed by atoms with Crippen LogP contribution in [0, 0.1) is 18.8 Å². The number of nitrogens with zero attached hydrogens (tertiary/aromatic N) is 5. The molecule has 0 unspecified atom stereocenters. The van der Waals surface area contributed by atoms with E-state index in [2.05, 4.69) is 37.3 Å². The molecule has 2 N–H and O–H groups in total. The van der Waals surface area contributed by atoms with Gasteiger partial charge in [-0.25, -0.2) is 9.78 Å². The van der Waals surface area contributed by atoms with Crippen LogP contribution < -0.4 is 10.1 Å². The summed E-state index contributed by atoms with van der Waals surface area (Å²) < 4.78 is 6.63. The number of carboxylic acids is 1. The van der Waals surface area contributed by atoms with Crippen molar-refractivity contribution in [2.75, 3.05) is 12.4 Å². The number of methoxy groups -OCH3 is 1. The number of fused-ring (bicyclic) bond motifs is 1. The summed E-state index contributed by atoms with van der Waals surface area (Å²) in [7, 11) is 1.45. The van der Waals surface area contributed by atoms with Gasteiger partial charge in [0.15, 0.2) is 5.65 Å². The number of carbonyl (C=O) groups is 2. The van der Waals surface area contributed by atoms with Gasteiger partial charge in [-0.1, -0.05) is 12.0 Å². The largest absolute Gasteiger partial charge is 0.479 e. The molecule has 0 aliphatic rings. The number of ether oxygens (including phenoxy) is 1. The van der Waals surface area contributed by atoms with Crippen LogP contribution in [0.2, 0.25) is 0 Å². The zero-order valence-electron chi connectivity index (χ0n) is 17.0. The standard InChI is InChI=1S/C22H16N6O4/c1-13-5-6-15(20(29)25-17-11-23-12-24-21(17)32-2)10-14(13)7-8-18-26-27-19-16(22(30)31)4-3-9-28(18)19/h3-6,9-12H,1-2H3,(H,25,29)(H,30,31). The summed E-state index contributed by atoms with van der Waals surface area (Å²) in [6.45, 7) is 1.87. The number of nitrogens with one attached hydrogen (secondary N) is 1. The molecule has 10 nitrogen and oxygen atoms in total. The third-order valence-corrected chi connectivity index (χ3v) is 4.59. The van der Waals surface area contributed by atoms with Gasteiger partial charge in [-0.05, 0) is 42.7 Å². The van der Waals surface area contributed by atoms with Gasteiger partial charge in [-0.3, -0.25) is 9.20 Å². The van der Waals surface area contributed by atoms with Crippen LogP contribution in [0.25, 0.3) is 5.65 Å². The molecule has 0 saturated carbocycles. The van der Waals surface area contributed by atoms with Crippen LogP contribution in [0.1, 0.15) is 37.7 Å². The lowest BCUT2D eigenvalue weighted by molar-refractivity contribution is 0.0698. The van der Waals surface area contributed by atoms with Gasteiger partial charge in [0.05, 0.1) is 13.3 Å². The number of anilines is 1. The minimum atomic E-state index is -1.10. The van der Waals surface area contributed by atoms with Crippen molar-refractivity contribution in [2.45, 2.75) is 6.92 Å². The summed E-state index contributed by atoms with van der Waals surface area (Å²) in [5.74, 6) is 4.94. The Morgan fingerprint density at radius 1 is 1.19 bits per heavy atom. The minimum absolute atomic E-state index is 0.0308. The number of hydrogen-bond donors (Lipinski definition) is 2. The topological polar surface area (TPSA) is 132 Å². The van der Waals surface area contributed by atoms with E-state index in [0.29, 0.717) is 16.8 Å². The Hall–Kier alpha value is -4.78. The molecule has 1 amide bonds. The first kappa shape index (κ1) is 20.5. The second-order valence-electron chi connectivity index (χ2n) is 6.62. The maximum Gasteiger partial charge on any atom is 0.339 e. The van der Waals surface area contributed by atoms with Crippen LogP contribution >= 0.6 is 0 Å². The fraction of sp³-hybridized carbons (Fsp3) is 0.0909. The second-order valence-corrected chi connectivity index (χ2v) is 6.62. The van der Waals surface area contributed by atoms with Crippen molar-refractivity contribution in [3.63, 3.8) is 0 Å². The molecule has 10 heteroatoms. The molecule has 1 aromatic carbocycles. The van der Waals surface area contributed by atoms with Crippen molar-refractivity contribution in [1.29, 1.82) is 0 Å². The first-order chi connectivity index (χ1) is 15.5. The summed E-state index contributed by atoms with van der Waals surface area (Å²) >= 11 is 0. The molecular formula is C22H16N6O4. The fourth-order valence-corrected chi connectivity index (χ4v) is 2.95. The van der Waals surface area contributed by atoms with Crippen LogP contribution in [0.4, 0.5) is 5.69 Å². The first-order valence-electron chi connectivity index (χ1n) is 9.33. The van der Waals surface area contributed by atoms with Crippen LogP contribution in [-0.4, -0.2) is 48.7 Å². The molecule has 4 aromatic rings. The van der Waals surface area contributed by atoms with Gasteiger partial charge in [0, 0.05) is 17.3 Å². The Morgan fingerprint density at radius 3 is 2.81 bits per heavy atom. The van der Waals surface area contributed by atoms with Gasteiger partial charge in [0.25, 0.3) is 5.91 Å². The summed E-state index contributed by atoms with van der Waals surface area (Å²) in [5.41, 5.74) is 2.42. The van der Waals surface area contributed by atoms with E-state index in [0.717, 1.165) is 5.56 Å². The molecule has 0 atom stereocenters. The van der Waals surface area contributed by atoms with E-state index in [1.807, 2.05) is 6.92 Å². The maximum atomic E-state index is 12.7. The molecule has 3 heterocycles. The first-order valence-corrected chi connectivity index (χ1v) is 9.33. The Kier molecular flexibility index (Phi) is 5.46. The molecule has 0 fully saturated rings. The Bertz CT molecular complexity index is 1420. The van der Waals surface area contributed by atoms with E-state index < -0.39 is 5.97 Å². The smallest absolute Gasteiger partial charge is 0.339 e. The van der Waals surface area contributed by atoms with Crippen molar-refractivity contribution < 1.29 is 19.4 Å². The zero-order valence-corrected chi connectivity index (χ0v) is 17.0. The molecular weight excluding hydrogens is 412 g/mol. The van der Waals surface area contributed by atoms with Gasteiger partial charge < -0.3 is 15.2 Å². The Balaban J connectivity index is 1.64. The third-order valence-electron chi connectivity index (χ3n) is 4.59. The molecule has 4 rings (SSSR count). The van der Waals surface area contributed by atoms with Crippen molar-refractivity contribution >= 4 is 23.2 Å². The summed E-state index contributed by atoms with van der Waals surface area (Å²) in [5, 5.41) is 19.9. The molecule has 0 radical (unpaired) electrons. The number of carboxylic acid groups (broad SMARTS) is 1. The van der Waals surface area contributed by atoms with Crippen molar-refractivity contribution in [3.8, 4) is 17.7 Å². The molecule has 0 spiro atoms. The average molecular weight is 428 g/mol. The SMILES string of the molecule is COc1ncncc1NC(=O)c1ccc(C)c(C#Cc2nnc3c(C(=O)O)cccn23)c1. The van der Waals surface area contributed by atoms with E-state index >= 15 is 0 Å². The van der Waals surface area contributed by atoms with E-state index in [1.165, 1.54) is 30.1 Å². The molecule has 32 heavy (non-hydrogen) atoms. The van der Waals surface area contributed by atoms with E-state index in [9.17, 15) is 14.7 Å². The predicted molar refractivity (Wildman–Crippen MR) is 114 cm³/mol. The highest BCUT2D eigenvalue weighted by Crippen LogP contribution is 2.20. The molecule has 0 aliphatic heterocycles. The Labute approximate surface area is 181 Å². The number of carbonyl (C=O) groups excluding carboxylic acids is 1. The highest BCUT2D eigenvalue weighted by atomic mass is 16.5. The van der Waals surface area contributed by atoms with Crippen LogP contribution in [-0.2, 0) is 0 Å². The summed E-state index contributed by atoms with van der Waals surface area (Å²) in [6, 6.07) is 8.14. The predicted octanol–water partition coefficient (Wildman–Crippen LogP) is 2.19. The molecule has 0 bridgehead atoms. The number of aromatic nitrogens is 5. The highest BCUT2D eigenvalue weighted by molar-refractivity contribution is 6.05. The molecule has 158 valence electrons. The number of hydrogen-bond acceptors (Lipinski definition) is 7. The average Bonchev–Trinajstić information content (AvgIpc) is 3.22. The normalized spacial score (nSPS) is 10.3. The number of benzene rings is 1. The van der Waals surface area contributed by atoms with E-state index in [4.69, 9.17) is 4.74 Å². The van der Waals surface area contributed by atoms with Gasteiger partial charge in [-0.2, -0.15) is 4.98 Å². The van der Waals surface area contributed by atoms with Gasteiger partial charge in [-0.15, -0.1) is 10.2 Å². The monoisotopic (exact) mass is 428 g/mol. The Morgan fingerprint density at radius 2 is 2.03 bits per heavy atom. The van der Waals surface area contributed by atoms with Crippen LogP contribution in [0.3, 0.4) is 0 Å². The van der Waals surface area contributed by atoms with Crippen molar-refractivity contribution in [2.24, 2.45) is 0 Å². The fourth-order valence-electron chi connectivity index (χ4n) is 2.95. The maximum absolute atomic E-state index is 12.7. The number of pyridine rings is 1. The summed E-state index contributed by atoms with van der Waals surface area (Å²) in [4.78, 5) is 31.9. The molecule has 0 saturated heterocycles. The van der Waals surface area contributed by atoms with Crippen LogP contribution in [0.15, 0.2) is 49.1 Å². The number of rotatable bonds is 4. The molecule has 3 aromatic heterocycles. The van der Waals surface area contributed by atoms with Crippen molar-refractivity contribution in [1.82, 2.24) is 24.6 Å². The minimum Gasteiger partial charge on any atom is -0.479 e. The lowest BCUT2D eigenvalue weighted by Crippen LogP contribution is -2.13. The highest BCUT2D eigenvalue weighted by Gasteiger charge is 2.14. The second kappa shape index (κ2) is 8.53. The van der Waals surface area contributed by atoms with Crippen LogP contribution in [0.5, 0.6) is 5.88 Å². The number of aryl methyl sites for hydroxylation is 1. The zero-order chi connectivity index (χ0) is 22.7. The van der Waals surface area contributed by atoms with Gasteiger partial charge >= 0.3 is 5.97 Å². The van der Waals surface area contributed by atoms with E-state index in [1.54, 1.807) is 30.5 Å². The van der Waals surface area contributed by atoms with Crippen molar-refractivity contribution in [3.05, 3.63) is 77.1 Å². The number of aromatic carboxylic acids is 1. The third kappa shape index (κ3) is 3.95. The summed E-state index contributed by atoms with van der Waals surface area (Å²) in [6.07, 6.45) is 4.40. The quantitative estimate of drug-likeness (QED) is 0.473. The lowest BCUT2D eigenvalue weighted by atomic mass is 10.0. The van der Waals surface area contributed by atoms with Gasteiger partial charge in [0.1, 0.15) is 17.6 Å². The van der Waals surface area contributed by atoms with E-state index in [-0.39, 0.29) is 28.8 Å². The number of amides is 1.